The van der Waals surface area contributed by atoms with E-state index in [2.05, 4.69) is 27.3 Å². The van der Waals surface area contributed by atoms with Gasteiger partial charge in [-0.05, 0) is 44.2 Å². The minimum atomic E-state index is -3.17. The Morgan fingerprint density at radius 3 is 2.73 bits per heavy atom. The highest BCUT2D eigenvalue weighted by Gasteiger charge is 2.28. The number of aromatic nitrogens is 4. The minimum absolute atomic E-state index is 0.0504. The first-order valence-corrected chi connectivity index (χ1v) is 13.3. The van der Waals surface area contributed by atoms with Crippen LogP contribution >= 0.6 is 0 Å². The highest BCUT2D eigenvalue weighted by molar-refractivity contribution is 7.88. The van der Waals surface area contributed by atoms with E-state index in [-0.39, 0.29) is 12.1 Å². The molecule has 178 valence electrons. The summed E-state index contributed by atoms with van der Waals surface area (Å²) >= 11 is 0. The third-order valence-corrected chi connectivity index (χ3v) is 7.60. The van der Waals surface area contributed by atoms with Crippen LogP contribution in [0, 0.1) is 0 Å². The number of unbranched alkanes of at least 4 members (excludes halogenated alkanes) is 1. The lowest BCUT2D eigenvalue weighted by Gasteiger charge is -2.33. The van der Waals surface area contributed by atoms with Gasteiger partial charge in [-0.1, -0.05) is 19.4 Å². The summed E-state index contributed by atoms with van der Waals surface area (Å²) in [5, 5.41) is 8.92. The summed E-state index contributed by atoms with van der Waals surface area (Å²) in [4.78, 5) is 9.08. The van der Waals surface area contributed by atoms with Gasteiger partial charge >= 0.3 is 0 Å². The molecule has 0 bridgehead atoms. The molecule has 33 heavy (non-hydrogen) atoms. The number of anilines is 1. The SMILES string of the molecule is CCCCOc1cccc2c1cnn2-c1ccnc(N[C@H]2CC[C@H](N(C)S(C)(=O)=O)CC2)n1. The summed E-state index contributed by atoms with van der Waals surface area (Å²) in [6, 6.07) is 8.03. The zero-order chi connectivity index (χ0) is 23.4. The Bertz CT molecular complexity index is 1190. The lowest BCUT2D eigenvalue weighted by atomic mass is 9.91. The van der Waals surface area contributed by atoms with Crippen molar-refractivity contribution in [1.82, 2.24) is 24.1 Å². The predicted octanol–water partition coefficient (Wildman–Crippen LogP) is 3.61. The van der Waals surface area contributed by atoms with Gasteiger partial charge in [-0.25, -0.2) is 22.4 Å². The lowest BCUT2D eigenvalue weighted by Crippen LogP contribution is -2.41. The fraction of sp³-hybridized carbons (Fsp3) is 0.522. The maximum atomic E-state index is 11.8. The minimum Gasteiger partial charge on any atom is -0.493 e. The first-order valence-electron chi connectivity index (χ1n) is 11.5. The summed E-state index contributed by atoms with van der Waals surface area (Å²) in [5.74, 6) is 2.06. The Labute approximate surface area is 195 Å². The number of ether oxygens (including phenoxy) is 1. The van der Waals surface area contributed by atoms with Crippen LogP contribution in [0.1, 0.15) is 45.4 Å². The molecule has 0 spiro atoms. The van der Waals surface area contributed by atoms with Gasteiger partial charge in [0.25, 0.3) is 0 Å². The van der Waals surface area contributed by atoms with Crippen molar-refractivity contribution in [3.63, 3.8) is 0 Å². The number of fused-ring (bicyclic) bond motifs is 1. The average molecular weight is 473 g/mol. The van der Waals surface area contributed by atoms with Gasteiger partial charge in [-0.3, -0.25) is 0 Å². The van der Waals surface area contributed by atoms with Crippen LogP contribution in [0.25, 0.3) is 16.7 Å². The zero-order valence-corrected chi connectivity index (χ0v) is 20.3. The smallest absolute Gasteiger partial charge is 0.224 e. The quantitative estimate of drug-likeness (QED) is 0.475. The monoisotopic (exact) mass is 472 g/mol. The third kappa shape index (κ3) is 5.44. The highest BCUT2D eigenvalue weighted by Crippen LogP contribution is 2.28. The molecule has 1 saturated carbocycles. The fourth-order valence-electron chi connectivity index (χ4n) is 4.23. The number of benzene rings is 1. The fourth-order valence-corrected chi connectivity index (χ4v) is 4.99. The molecule has 10 heteroatoms. The molecule has 9 nitrogen and oxygen atoms in total. The molecule has 0 radical (unpaired) electrons. The van der Waals surface area contributed by atoms with Gasteiger partial charge < -0.3 is 10.1 Å². The van der Waals surface area contributed by atoms with Gasteiger partial charge in [0.15, 0.2) is 5.82 Å². The van der Waals surface area contributed by atoms with E-state index < -0.39 is 10.0 Å². The Morgan fingerprint density at radius 2 is 2.00 bits per heavy atom. The Kier molecular flexibility index (Phi) is 7.14. The Balaban J connectivity index is 1.46. The molecule has 0 saturated heterocycles. The lowest BCUT2D eigenvalue weighted by molar-refractivity contribution is 0.276. The van der Waals surface area contributed by atoms with Gasteiger partial charge in [-0.15, -0.1) is 0 Å². The molecule has 2 aromatic heterocycles. The third-order valence-electron chi connectivity index (χ3n) is 6.25. The van der Waals surface area contributed by atoms with Crippen LogP contribution < -0.4 is 10.1 Å². The van der Waals surface area contributed by atoms with Crippen molar-refractivity contribution < 1.29 is 13.2 Å². The molecule has 1 aliphatic carbocycles. The number of nitrogens with zero attached hydrogens (tertiary/aromatic N) is 5. The van der Waals surface area contributed by atoms with Crippen LogP contribution in [0.4, 0.5) is 5.95 Å². The van der Waals surface area contributed by atoms with Crippen molar-refractivity contribution in [1.29, 1.82) is 0 Å². The second-order valence-electron chi connectivity index (χ2n) is 8.61. The molecule has 1 aromatic carbocycles. The zero-order valence-electron chi connectivity index (χ0n) is 19.4. The molecule has 0 amide bonds. The van der Waals surface area contributed by atoms with Gasteiger partial charge in [0.2, 0.25) is 16.0 Å². The molecule has 0 unspecified atom stereocenters. The van der Waals surface area contributed by atoms with Gasteiger partial charge in [0, 0.05) is 31.4 Å². The van der Waals surface area contributed by atoms with E-state index in [0.29, 0.717) is 18.4 Å². The maximum Gasteiger partial charge on any atom is 0.224 e. The Morgan fingerprint density at radius 1 is 1.21 bits per heavy atom. The van der Waals surface area contributed by atoms with E-state index in [1.54, 1.807) is 17.9 Å². The Hall–Kier alpha value is -2.72. The normalized spacial score (nSPS) is 19.2. The highest BCUT2D eigenvalue weighted by atomic mass is 32.2. The van der Waals surface area contributed by atoms with Gasteiger partial charge in [0.05, 0.1) is 30.0 Å². The van der Waals surface area contributed by atoms with E-state index in [1.165, 1.54) is 10.6 Å². The van der Waals surface area contributed by atoms with Crippen LogP contribution in [0.2, 0.25) is 0 Å². The number of sulfonamides is 1. The van der Waals surface area contributed by atoms with Crippen molar-refractivity contribution in [3.8, 4) is 11.6 Å². The van der Waals surface area contributed by atoms with Crippen LogP contribution in [0.15, 0.2) is 36.7 Å². The van der Waals surface area contributed by atoms with E-state index in [1.807, 2.05) is 30.5 Å². The van der Waals surface area contributed by atoms with Crippen molar-refractivity contribution in [2.75, 3.05) is 25.2 Å². The predicted molar refractivity (Wildman–Crippen MR) is 129 cm³/mol. The summed E-state index contributed by atoms with van der Waals surface area (Å²) in [6.45, 7) is 2.83. The van der Waals surface area contributed by atoms with Crippen LogP contribution in [0.3, 0.4) is 0 Å². The second kappa shape index (κ2) is 10.0. The number of hydrogen-bond acceptors (Lipinski definition) is 7. The molecule has 1 aliphatic rings. The summed E-state index contributed by atoms with van der Waals surface area (Å²) < 4.78 is 32.8. The van der Waals surface area contributed by atoms with Crippen molar-refractivity contribution in [2.45, 2.75) is 57.5 Å². The van der Waals surface area contributed by atoms with Crippen molar-refractivity contribution >= 4 is 26.9 Å². The molecule has 1 N–H and O–H groups in total. The first kappa shape index (κ1) is 23.4. The molecular formula is C23H32N6O3S. The summed E-state index contributed by atoms with van der Waals surface area (Å²) in [5.41, 5.74) is 0.929. The molecule has 1 fully saturated rings. The summed E-state index contributed by atoms with van der Waals surface area (Å²) in [7, 11) is -1.51. The van der Waals surface area contributed by atoms with Gasteiger partial charge in [-0.2, -0.15) is 10.1 Å². The maximum absolute atomic E-state index is 11.8. The van der Waals surface area contributed by atoms with E-state index >= 15 is 0 Å². The van der Waals surface area contributed by atoms with Gasteiger partial charge in [0.1, 0.15) is 5.75 Å². The topological polar surface area (TPSA) is 102 Å². The van der Waals surface area contributed by atoms with E-state index in [4.69, 9.17) is 4.74 Å². The molecule has 0 atom stereocenters. The molecular weight excluding hydrogens is 440 g/mol. The standard InChI is InChI=1S/C23H32N6O3S/c1-4-5-15-32-21-8-6-7-20-19(21)16-25-29(20)22-13-14-24-23(27-22)26-17-9-11-18(12-10-17)28(2)33(3,30)31/h6-8,13-14,16-18H,4-5,9-12,15H2,1-3H3,(H,24,26,27)/t17-,18-. The average Bonchev–Trinajstić information content (AvgIpc) is 3.24. The van der Waals surface area contributed by atoms with Crippen molar-refractivity contribution in [3.05, 3.63) is 36.7 Å². The molecule has 2 heterocycles. The largest absolute Gasteiger partial charge is 0.493 e. The molecule has 4 rings (SSSR count). The van der Waals surface area contributed by atoms with Crippen LogP contribution in [-0.2, 0) is 10.0 Å². The first-order chi connectivity index (χ1) is 15.9. The van der Waals surface area contributed by atoms with E-state index in [0.717, 1.165) is 55.2 Å². The number of nitrogens with one attached hydrogen (secondary N) is 1. The van der Waals surface area contributed by atoms with Crippen LogP contribution in [0.5, 0.6) is 5.75 Å². The number of hydrogen-bond donors (Lipinski definition) is 1. The van der Waals surface area contributed by atoms with Crippen LogP contribution in [-0.4, -0.2) is 64.5 Å². The van der Waals surface area contributed by atoms with Crippen molar-refractivity contribution in [2.24, 2.45) is 0 Å². The molecule has 3 aromatic rings. The molecule has 0 aliphatic heterocycles. The number of rotatable bonds is 9. The second-order valence-corrected chi connectivity index (χ2v) is 10.7. The van der Waals surface area contributed by atoms with E-state index in [9.17, 15) is 8.42 Å². The summed E-state index contributed by atoms with van der Waals surface area (Å²) in [6.07, 6.45) is 10.2.